The van der Waals surface area contributed by atoms with Crippen molar-refractivity contribution in [1.82, 2.24) is 10.6 Å². The van der Waals surface area contributed by atoms with Crippen LogP contribution < -0.4 is 10.6 Å². The van der Waals surface area contributed by atoms with E-state index >= 15 is 0 Å². The number of nitrogens with one attached hydrogen (secondary N) is 2. The molecule has 1 unspecified atom stereocenters. The van der Waals surface area contributed by atoms with Crippen LogP contribution in [0.1, 0.15) is 44.9 Å². The van der Waals surface area contributed by atoms with Crippen LogP contribution in [0.25, 0.3) is 0 Å². The zero-order valence-electron chi connectivity index (χ0n) is 9.23. The smallest absolute Gasteiger partial charge is 0.0221 e. The Labute approximate surface area is 87.8 Å². The quantitative estimate of drug-likeness (QED) is 0.669. The van der Waals surface area contributed by atoms with Gasteiger partial charge in [0.25, 0.3) is 0 Å². The molecule has 2 N–H and O–H groups in total. The molecule has 82 valence electrons. The summed E-state index contributed by atoms with van der Waals surface area (Å²) in [6, 6.07) is 0.766. The average molecular weight is 196 g/mol. The Morgan fingerprint density at radius 3 is 2.14 bits per heavy atom. The summed E-state index contributed by atoms with van der Waals surface area (Å²) in [5.74, 6) is 0.947. The maximum atomic E-state index is 3.67. The van der Waals surface area contributed by atoms with Crippen LogP contribution in [0.2, 0.25) is 0 Å². The average Bonchev–Trinajstić information content (AvgIpc) is 2.18. The van der Waals surface area contributed by atoms with Crippen LogP contribution in [0.5, 0.6) is 0 Å². The first kappa shape index (κ1) is 10.4. The third kappa shape index (κ3) is 2.96. The molecule has 0 radical (unpaired) electrons. The lowest BCUT2D eigenvalue weighted by atomic mass is 9.85. The second-order valence-corrected chi connectivity index (χ2v) is 4.87. The topological polar surface area (TPSA) is 24.1 Å². The number of hydrogen-bond donors (Lipinski definition) is 2. The van der Waals surface area contributed by atoms with Gasteiger partial charge in [-0.1, -0.05) is 32.1 Å². The zero-order valence-corrected chi connectivity index (χ0v) is 9.23. The van der Waals surface area contributed by atoms with E-state index in [4.69, 9.17) is 0 Å². The fourth-order valence-electron chi connectivity index (χ4n) is 2.90. The molecular weight excluding hydrogens is 172 g/mol. The van der Waals surface area contributed by atoms with Gasteiger partial charge in [0.1, 0.15) is 0 Å². The van der Waals surface area contributed by atoms with E-state index in [0.717, 1.165) is 18.5 Å². The molecule has 2 nitrogen and oxygen atoms in total. The van der Waals surface area contributed by atoms with Crippen LogP contribution in [-0.2, 0) is 0 Å². The van der Waals surface area contributed by atoms with Crippen molar-refractivity contribution in [1.29, 1.82) is 0 Å². The molecule has 0 aromatic rings. The maximum Gasteiger partial charge on any atom is 0.0221 e. The summed E-state index contributed by atoms with van der Waals surface area (Å²) in [5, 5.41) is 7.18. The van der Waals surface area contributed by atoms with E-state index in [-0.39, 0.29) is 0 Å². The normalized spacial score (nSPS) is 32.1. The Bertz CT molecular complexity index is 144. The summed E-state index contributed by atoms with van der Waals surface area (Å²) >= 11 is 0. The third-order valence-corrected chi connectivity index (χ3v) is 3.79. The highest BCUT2D eigenvalue weighted by Gasteiger charge is 2.22. The van der Waals surface area contributed by atoms with Crippen LogP contribution in [-0.4, -0.2) is 25.7 Å². The molecule has 1 saturated heterocycles. The maximum absolute atomic E-state index is 3.67. The molecular formula is C12H24N2. The van der Waals surface area contributed by atoms with Crippen LogP contribution in [0.15, 0.2) is 0 Å². The SMILES string of the molecule is C1CCCC(C2CNCCN2)CCC1. The molecule has 0 aromatic heterocycles. The predicted molar refractivity (Wildman–Crippen MR) is 60.5 cm³/mol. The van der Waals surface area contributed by atoms with E-state index in [1.807, 2.05) is 0 Å². The summed E-state index contributed by atoms with van der Waals surface area (Å²) in [6.45, 7) is 3.52. The summed E-state index contributed by atoms with van der Waals surface area (Å²) in [7, 11) is 0. The number of hydrogen-bond acceptors (Lipinski definition) is 2. The van der Waals surface area contributed by atoms with Gasteiger partial charge in [0.15, 0.2) is 0 Å². The van der Waals surface area contributed by atoms with Crippen LogP contribution in [0, 0.1) is 5.92 Å². The van der Waals surface area contributed by atoms with Gasteiger partial charge in [0, 0.05) is 25.7 Å². The zero-order chi connectivity index (χ0) is 9.64. The highest BCUT2D eigenvalue weighted by molar-refractivity contribution is 4.82. The lowest BCUT2D eigenvalue weighted by Crippen LogP contribution is -2.51. The number of rotatable bonds is 1. The van der Waals surface area contributed by atoms with Gasteiger partial charge in [-0.05, 0) is 18.8 Å². The Balaban J connectivity index is 1.80. The van der Waals surface area contributed by atoms with Gasteiger partial charge in [-0.3, -0.25) is 0 Å². The number of piperazine rings is 1. The van der Waals surface area contributed by atoms with Gasteiger partial charge in [0.2, 0.25) is 0 Å². The van der Waals surface area contributed by atoms with Gasteiger partial charge >= 0.3 is 0 Å². The van der Waals surface area contributed by atoms with E-state index in [0.29, 0.717) is 0 Å². The minimum Gasteiger partial charge on any atom is -0.314 e. The predicted octanol–water partition coefficient (Wildman–Crippen LogP) is 1.91. The first-order chi connectivity index (χ1) is 6.97. The Morgan fingerprint density at radius 2 is 1.50 bits per heavy atom. The molecule has 1 heterocycles. The van der Waals surface area contributed by atoms with Gasteiger partial charge in [-0.25, -0.2) is 0 Å². The van der Waals surface area contributed by atoms with Crippen molar-refractivity contribution in [3.63, 3.8) is 0 Å². The van der Waals surface area contributed by atoms with Crippen molar-refractivity contribution in [2.75, 3.05) is 19.6 Å². The standard InChI is InChI=1S/C12H24N2/c1-2-4-6-11(7-5-3-1)12-10-13-8-9-14-12/h11-14H,1-10H2. The fraction of sp³-hybridized carbons (Fsp3) is 1.00. The fourth-order valence-corrected chi connectivity index (χ4v) is 2.90. The van der Waals surface area contributed by atoms with E-state index in [9.17, 15) is 0 Å². The van der Waals surface area contributed by atoms with Gasteiger partial charge in [-0.2, -0.15) is 0 Å². The molecule has 1 saturated carbocycles. The molecule has 1 aliphatic heterocycles. The largest absolute Gasteiger partial charge is 0.314 e. The highest BCUT2D eigenvalue weighted by atomic mass is 15.1. The lowest BCUT2D eigenvalue weighted by Gasteiger charge is -2.33. The Hall–Kier alpha value is -0.0800. The summed E-state index contributed by atoms with van der Waals surface area (Å²) in [6.07, 6.45) is 10.3. The molecule has 2 heteroatoms. The van der Waals surface area contributed by atoms with Gasteiger partial charge in [0.05, 0.1) is 0 Å². The molecule has 0 bridgehead atoms. The third-order valence-electron chi connectivity index (χ3n) is 3.79. The van der Waals surface area contributed by atoms with E-state index in [2.05, 4.69) is 10.6 Å². The van der Waals surface area contributed by atoms with Crippen molar-refractivity contribution in [3.8, 4) is 0 Å². The first-order valence-electron chi connectivity index (χ1n) is 6.41. The van der Waals surface area contributed by atoms with Gasteiger partial charge < -0.3 is 10.6 Å². The molecule has 1 aliphatic carbocycles. The first-order valence-corrected chi connectivity index (χ1v) is 6.41. The van der Waals surface area contributed by atoms with Crippen LogP contribution >= 0.6 is 0 Å². The van der Waals surface area contributed by atoms with E-state index in [1.54, 1.807) is 0 Å². The lowest BCUT2D eigenvalue weighted by molar-refractivity contribution is 0.259. The molecule has 2 rings (SSSR count). The van der Waals surface area contributed by atoms with E-state index < -0.39 is 0 Å². The van der Waals surface area contributed by atoms with Crippen LogP contribution in [0.3, 0.4) is 0 Å². The van der Waals surface area contributed by atoms with Crippen molar-refractivity contribution < 1.29 is 0 Å². The minimum atomic E-state index is 0.766. The highest BCUT2D eigenvalue weighted by Crippen LogP contribution is 2.25. The molecule has 2 aliphatic rings. The van der Waals surface area contributed by atoms with Crippen molar-refractivity contribution in [3.05, 3.63) is 0 Å². The Morgan fingerprint density at radius 1 is 0.786 bits per heavy atom. The van der Waals surface area contributed by atoms with Gasteiger partial charge in [-0.15, -0.1) is 0 Å². The molecule has 0 spiro atoms. The molecule has 1 atom stereocenters. The summed E-state index contributed by atoms with van der Waals surface area (Å²) in [4.78, 5) is 0. The molecule has 2 fully saturated rings. The second kappa shape index (κ2) is 5.72. The summed E-state index contributed by atoms with van der Waals surface area (Å²) in [5.41, 5.74) is 0. The van der Waals surface area contributed by atoms with Crippen molar-refractivity contribution in [2.24, 2.45) is 5.92 Å². The van der Waals surface area contributed by atoms with Crippen LogP contribution in [0.4, 0.5) is 0 Å². The molecule has 0 amide bonds. The second-order valence-electron chi connectivity index (χ2n) is 4.87. The molecule has 0 aromatic carbocycles. The monoisotopic (exact) mass is 196 g/mol. The molecule has 14 heavy (non-hydrogen) atoms. The summed E-state index contributed by atoms with van der Waals surface area (Å²) < 4.78 is 0. The minimum absolute atomic E-state index is 0.766. The van der Waals surface area contributed by atoms with Crippen molar-refractivity contribution in [2.45, 2.75) is 51.0 Å². The Kier molecular flexibility index (Phi) is 4.26. The van der Waals surface area contributed by atoms with E-state index in [1.165, 1.54) is 58.0 Å². The van der Waals surface area contributed by atoms with Crippen molar-refractivity contribution >= 4 is 0 Å².